The molecule has 0 amide bonds. The van der Waals surface area contributed by atoms with Crippen molar-refractivity contribution < 1.29 is 4.57 Å². The molecule has 0 saturated heterocycles. The third-order valence-electron chi connectivity index (χ3n) is 5.17. The van der Waals surface area contributed by atoms with Gasteiger partial charge in [-0.2, -0.15) is 0 Å². The summed E-state index contributed by atoms with van der Waals surface area (Å²) in [4.78, 5) is 2.36. The number of hydrogen-bond donors (Lipinski definition) is 0. The molecular formula is C21H24N3+. The molecule has 0 bridgehead atoms. The first-order valence-electron chi connectivity index (χ1n) is 8.61. The van der Waals surface area contributed by atoms with Crippen molar-refractivity contribution in [3.63, 3.8) is 0 Å². The lowest BCUT2D eigenvalue weighted by Gasteiger charge is -2.27. The molecule has 3 heteroatoms. The number of imidazole rings is 1. The van der Waals surface area contributed by atoms with Crippen LogP contribution in [-0.4, -0.2) is 18.2 Å². The van der Waals surface area contributed by atoms with E-state index in [1.807, 2.05) is 0 Å². The zero-order chi connectivity index (χ0) is 16.7. The Morgan fingerprint density at radius 3 is 2.71 bits per heavy atom. The lowest BCUT2D eigenvalue weighted by Crippen LogP contribution is -2.30. The maximum absolute atomic E-state index is 2.36. The van der Waals surface area contributed by atoms with Crippen molar-refractivity contribution >= 4 is 28.9 Å². The van der Waals surface area contributed by atoms with Crippen LogP contribution in [0.3, 0.4) is 0 Å². The van der Waals surface area contributed by atoms with Gasteiger partial charge < -0.3 is 4.90 Å². The van der Waals surface area contributed by atoms with Gasteiger partial charge in [0.15, 0.2) is 11.0 Å². The number of para-hydroxylation sites is 2. The molecule has 4 rings (SSSR count). The lowest BCUT2D eigenvalue weighted by molar-refractivity contribution is -0.647. The SMILES string of the molecule is CN1CCCc2cc(/C=C/c3n(C)c4ccccc4[n+]3C)ccc21. The fourth-order valence-corrected chi connectivity index (χ4v) is 3.81. The highest BCUT2D eigenvalue weighted by Crippen LogP contribution is 2.27. The monoisotopic (exact) mass is 318 g/mol. The van der Waals surface area contributed by atoms with Crippen molar-refractivity contribution in [1.82, 2.24) is 4.57 Å². The Morgan fingerprint density at radius 1 is 1.04 bits per heavy atom. The quantitative estimate of drug-likeness (QED) is 0.658. The average Bonchev–Trinajstić information content (AvgIpc) is 2.85. The Morgan fingerprint density at radius 2 is 1.88 bits per heavy atom. The van der Waals surface area contributed by atoms with E-state index in [4.69, 9.17) is 0 Å². The summed E-state index contributed by atoms with van der Waals surface area (Å²) in [6.07, 6.45) is 6.87. The number of aromatic nitrogens is 2. The molecule has 24 heavy (non-hydrogen) atoms. The highest BCUT2D eigenvalue weighted by atomic mass is 15.1. The molecule has 0 spiro atoms. The number of benzene rings is 2. The third-order valence-corrected chi connectivity index (χ3v) is 5.17. The minimum Gasteiger partial charge on any atom is -0.374 e. The Labute approximate surface area is 143 Å². The predicted molar refractivity (Wildman–Crippen MR) is 101 cm³/mol. The highest BCUT2D eigenvalue weighted by molar-refractivity contribution is 5.76. The van der Waals surface area contributed by atoms with Crippen LogP contribution in [-0.2, 0) is 20.5 Å². The topological polar surface area (TPSA) is 12.1 Å². The van der Waals surface area contributed by atoms with Crippen molar-refractivity contribution in [3.05, 3.63) is 59.4 Å². The number of rotatable bonds is 2. The first-order valence-corrected chi connectivity index (χ1v) is 8.61. The molecule has 0 unspecified atom stereocenters. The first-order chi connectivity index (χ1) is 11.6. The van der Waals surface area contributed by atoms with Crippen LogP contribution < -0.4 is 9.47 Å². The molecule has 2 heterocycles. The van der Waals surface area contributed by atoms with E-state index in [1.165, 1.54) is 46.5 Å². The predicted octanol–water partition coefficient (Wildman–Crippen LogP) is 3.56. The number of nitrogens with zero attached hydrogens (tertiary/aromatic N) is 3. The summed E-state index contributed by atoms with van der Waals surface area (Å²) in [6.45, 7) is 1.16. The molecule has 0 N–H and O–H groups in total. The van der Waals surface area contributed by atoms with Gasteiger partial charge in [-0.1, -0.05) is 18.2 Å². The van der Waals surface area contributed by atoms with Crippen LogP contribution in [0.5, 0.6) is 0 Å². The van der Waals surface area contributed by atoms with Gasteiger partial charge in [-0.25, -0.2) is 9.13 Å². The minimum absolute atomic E-state index is 1.16. The third kappa shape index (κ3) is 2.41. The highest BCUT2D eigenvalue weighted by Gasteiger charge is 2.17. The molecule has 2 aromatic carbocycles. The van der Waals surface area contributed by atoms with E-state index in [0.29, 0.717) is 0 Å². The molecule has 0 fully saturated rings. The molecule has 122 valence electrons. The van der Waals surface area contributed by atoms with Crippen LogP contribution in [0.1, 0.15) is 23.4 Å². The fourth-order valence-electron chi connectivity index (χ4n) is 3.81. The van der Waals surface area contributed by atoms with Crippen LogP contribution in [0, 0.1) is 0 Å². The van der Waals surface area contributed by atoms with E-state index < -0.39 is 0 Å². The van der Waals surface area contributed by atoms with Gasteiger partial charge >= 0.3 is 0 Å². The van der Waals surface area contributed by atoms with E-state index in [1.54, 1.807) is 0 Å². The van der Waals surface area contributed by atoms with Crippen LogP contribution in [0.25, 0.3) is 23.2 Å². The number of fused-ring (bicyclic) bond motifs is 2. The van der Waals surface area contributed by atoms with Gasteiger partial charge in [-0.3, -0.25) is 0 Å². The molecule has 1 aromatic heterocycles. The summed E-state index contributed by atoms with van der Waals surface area (Å²) in [7, 11) is 6.44. The van der Waals surface area contributed by atoms with Crippen molar-refractivity contribution in [1.29, 1.82) is 0 Å². The van der Waals surface area contributed by atoms with Gasteiger partial charge in [0.05, 0.1) is 14.1 Å². The fraction of sp³-hybridized carbons (Fsp3) is 0.286. The van der Waals surface area contributed by atoms with E-state index in [2.05, 4.69) is 89.8 Å². The maximum Gasteiger partial charge on any atom is 0.281 e. The standard InChI is InChI=1S/C21H24N3/c1-22-14-6-7-17-15-16(10-12-18(17)22)11-13-21-23(2)19-8-4-5-9-20(19)24(21)3/h4-5,8-13,15H,6-7,14H2,1-3H3/q+1. The number of hydrogen-bond acceptors (Lipinski definition) is 1. The Hall–Kier alpha value is -2.55. The Bertz CT molecular complexity index is 895. The normalized spacial score (nSPS) is 14.5. The Balaban J connectivity index is 1.71. The molecule has 3 nitrogen and oxygen atoms in total. The Kier molecular flexibility index (Phi) is 3.64. The van der Waals surface area contributed by atoms with Crippen LogP contribution >= 0.6 is 0 Å². The summed E-state index contributed by atoms with van der Waals surface area (Å²) >= 11 is 0. The van der Waals surface area contributed by atoms with Crippen molar-refractivity contribution in [2.24, 2.45) is 14.1 Å². The maximum atomic E-state index is 2.36. The molecule has 0 radical (unpaired) electrons. The van der Waals surface area contributed by atoms with E-state index in [-0.39, 0.29) is 0 Å². The minimum atomic E-state index is 1.16. The van der Waals surface area contributed by atoms with Gasteiger partial charge in [0.25, 0.3) is 5.82 Å². The molecule has 0 saturated carbocycles. The van der Waals surface area contributed by atoms with Crippen molar-refractivity contribution in [2.45, 2.75) is 12.8 Å². The van der Waals surface area contributed by atoms with E-state index >= 15 is 0 Å². The zero-order valence-electron chi connectivity index (χ0n) is 14.7. The second kappa shape index (κ2) is 5.82. The van der Waals surface area contributed by atoms with Gasteiger partial charge in [-0.15, -0.1) is 0 Å². The average molecular weight is 318 g/mol. The van der Waals surface area contributed by atoms with Crippen LogP contribution in [0.4, 0.5) is 5.69 Å². The summed E-state index contributed by atoms with van der Waals surface area (Å²) < 4.78 is 4.50. The summed E-state index contributed by atoms with van der Waals surface area (Å²) in [5, 5.41) is 0. The first kappa shape index (κ1) is 15.0. The molecule has 1 aliphatic rings. The largest absolute Gasteiger partial charge is 0.374 e. The summed E-state index contributed by atoms with van der Waals surface area (Å²) in [5.41, 5.74) is 6.63. The van der Waals surface area contributed by atoms with Gasteiger partial charge in [0.2, 0.25) is 0 Å². The van der Waals surface area contributed by atoms with Gasteiger partial charge in [-0.05, 0) is 54.3 Å². The lowest BCUT2D eigenvalue weighted by atomic mass is 9.99. The second-order valence-electron chi connectivity index (χ2n) is 6.71. The molecule has 3 aromatic rings. The van der Waals surface area contributed by atoms with Crippen molar-refractivity contribution in [3.8, 4) is 0 Å². The number of anilines is 1. The molecular weight excluding hydrogens is 294 g/mol. The molecule has 0 atom stereocenters. The van der Waals surface area contributed by atoms with Gasteiger partial charge in [0, 0.05) is 25.4 Å². The summed E-state index contributed by atoms with van der Waals surface area (Å²) in [5.74, 6) is 1.20. The zero-order valence-corrected chi connectivity index (χ0v) is 14.7. The molecule has 0 aliphatic carbocycles. The van der Waals surface area contributed by atoms with E-state index in [9.17, 15) is 0 Å². The van der Waals surface area contributed by atoms with Crippen LogP contribution in [0.15, 0.2) is 42.5 Å². The summed E-state index contributed by atoms with van der Waals surface area (Å²) in [6, 6.07) is 15.3. The smallest absolute Gasteiger partial charge is 0.281 e. The van der Waals surface area contributed by atoms with E-state index in [0.717, 1.165) is 6.54 Å². The van der Waals surface area contributed by atoms with Crippen molar-refractivity contribution in [2.75, 3.05) is 18.5 Å². The molecule has 1 aliphatic heterocycles. The van der Waals surface area contributed by atoms with Crippen LogP contribution in [0.2, 0.25) is 0 Å². The van der Waals surface area contributed by atoms with Gasteiger partial charge in [0.1, 0.15) is 0 Å². The number of aryl methyl sites for hydroxylation is 3. The second-order valence-corrected chi connectivity index (χ2v) is 6.71.